The molecule has 0 atom stereocenters. The van der Waals surface area contributed by atoms with Crippen LogP contribution in [0.15, 0.2) is 47.4 Å². The molecule has 0 saturated carbocycles. The summed E-state index contributed by atoms with van der Waals surface area (Å²) in [5, 5.41) is 12.3. The number of aryl methyl sites for hydroxylation is 1. The Balaban J connectivity index is 1.20. The van der Waals surface area contributed by atoms with Crippen LogP contribution in [0.4, 0.5) is 0 Å². The molecule has 3 aromatic rings. The summed E-state index contributed by atoms with van der Waals surface area (Å²) >= 11 is 0. The molecule has 35 heavy (non-hydrogen) atoms. The number of benzene rings is 2. The third-order valence-corrected chi connectivity index (χ3v) is 7.88. The normalized spacial score (nSPS) is 16.7. The first kappa shape index (κ1) is 23.2. The van der Waals surface area contributed by atoms with Crippen LogP contribution in [-0.4, -0.2) is 83.1 Å². The molecule has 0 unspecified atom stereocenters. The van der Waals surface area contributed by atoms with Gasteiger partial charge in [0, 0.05) is 44.2 Å². The lowest BCUT2D eigenvalue weighted by Crippen LogP contribution is -2.51. The quantitative estimate of drug-likeness (QED) is 0.517. The topological polar surface area (TPSA) is 120 Å². The Hall–Kier alpha value is -3.51. The third kappa shape index (κ3) is 4.98. The first-order valence-corrected chi connectivity index (χ1v) is 12.9. The zero-order chi connectivity index (χ0) is 24.4. The lowest BCUT2D eigenvalue weighted by Gasteiger charge is -2.34. The van der Waals surface area contributed by atoms with Gasteiger partial charge < -0.3 is 14.4 Å². The minimum atomic E-state index is -3.73. The third-order valence-electron chi connectivity index (χ3n) is 5.99. The van der Waals surface area contributed by atoms with Crippen molar-refractivity contribution >= 4 is 15.9 Å². The van der Waals surface area contributed by atoms with Gasteiger partial charge in [-0.1, -0.05) is 29.8 Å². The summed E-state index contributed by atoms with van der Waals surface area (Å²) < 4.78 is 39.0. The maximum Gasteiger partial charge on any atom is 0.246 e. The summed E-state index contributed by atoms with van der Waals surface area (Å²) in [4.78, 5) is 15.8. The molecule has 0 spiro atoms. The van der Waals surface area contributed by atoms with E-state index in [0.29, 0.717) is 30.5 Å². The Morgan fingerprint density at radius 1 is 0.971 bits per heavy atom. The molecule has 5 rings (SSSR count). The second-order valence-corrected chi connectivity index (χ2v) is 10.4. The number of tetrazole rings is 1. The lowest BCUT2D eigenvalue weighted by atomic mass is 10.1. The van der Waals surface area contributed by atoms with Crippen molar-refractivity contribution in [2.45, 2.75) is 24.8 Å². The number of rotatable bonds is 5. The summed E-state index contributed by atoms with van der Waals surface area (Å²) in [7, 11) is -3.73. The molecule has 0 N–H and O–H groups in total. The number of aromatic nitrogens is 4. The number of hydrogen-bond acceptors (Lipinski definition) is 8. The van der Waals surface area contributed by atoms with Crippen molar-refractivity contribution in [1.29, 1.82) is 0 Å². The number of nitrogens with zero attached hydrogens (tertiary/aromatic N) is 6. The highest BCUT2D eigenvalue weighted by atomic mass is 32.2. The predicted molar refractivity (Wildman–Crippen MR) is 125 cm³/mol. The van der Waals surface area contributed by atoms with Crippen LogP contribution in [0.5, 0.6) is 11.5 Å². The molecule has 11 nitrogen and oxygen atoms in total. The van der Waals surface area contributed by atoms with Gasteiger partial charge in [0.15, 0.2) is 11.5 Å². The first-order chi connectivity index (χ1) is 16.9. The van der Waals surface area contributed by atoms with Gasteiger partial charge in [0.1, 0.15) is 6.54 Å². The van der Waals surface area contributed by atoms with E-state index in [0.717, 1.165) is 17.5 Å². The molecule has 2 aliphatic heterocycles. The van der Waals surface area contributed by atoms with Crippen molar-refractivity contribution in [3.05, 3.63) is 48.0 Å². The number of carbonyl (C=O) groups is 1. The monoisotopic (exact) mass is 498 g/mol. The number of ether oxygens (including phenoxy) is 2. The number of carbonyl (C=O) groups excluding carboxylic acids is 1. The molecule has 0 bridgehead atoms. The highest BCUT2D eigenvalue weighted by molar-refractivity contribution is 7.89. The maximum atomic E-state index is 13.2. The fourth-order valence-corrected chi connectivity index (χ4v) is 5.42. The van der Waals surface area contributed by atoms with Gasteiger partial charge in [-0.15, -0.1) is 10.2 Å². The van der Waals surface area contributed by atoms with E-state index in [2.05, 4.69) is 15.4 Å². The number of amides is 1. The van der Waals surface area contributed by atoms with E-state index in [-0.39, 0.29) is 43.5 Å². The second-order valence-electron chi connectivity index (χ2n) is 8.45. The van der Waals surface area contributed by atoms with Crippen LogP contribution in [0.2, 0.25) is 0 Å². The summed E-state index contributed by atoms with van der Waals surface area (Å²) in [5.41, 5.74) is 1.95. The molecule has 1 amide bonds. The van der Waals surface area contributed by atoms with E-state index in [4.69, 9.17) is 9.47 Å². The molecule has 1 saturated heterocycles. The van der Waals surface area contributed by atoms with Crippen molar-refractivity contribution in [3.8, 4) is 22.9 Å². The highest BCUT2D eigenvalue weighted by Gasteiger charge is 2.31. The Morgan fingerprint density at radius 2 is 1.69 bits per heavy atom. The zero-order valence-electron chi connectivity index (χ0n) is 19.3. The van der Waals surface area contributed by atoms with Gasteiger partial charge in [-0.2, -0.15) is 9.10 Å². The molecular weight excluding hydrogens is 472 g/mol. The Labute approximate surface area is 203 Å². The SMILES string of the molecule is Cc1ccc(-c2nnn(CC(=O)N3CCN(S(=O)(=O)c4ccc5c(c4)OCCCO5)CC3)n2)cc1. The Bertz CT molecular complexity index is 1320. The number of piperazine rings is 1. The van der Waals surface area contributed by atoms with Gasteiger partial charge in [-0.05, 0) is 24.3 Å². The second kappa shape index (κ2) is 9.62. The van der Waals surface area contributed by atoms with Crippen LogP contribution in [0.3, 0.4) is 0 Å². The van der Waals surface area contributed by atoms with E-state index < -0.39 is 10.0 Å². The van der Waals surface area contributed by atoms with Crippen LogP contribution in [-0.2, 0) is 21.4 Å². The minimum absolute atomic E-state index is 0.0617. The predicted octanol–water partition coefficient (Wildman–Crippen LogP) is 1.34. The number of sulfonamides is 1. The number of fused-ring (bicyclic) bond motifs is 1. The van der Waals surface area contributed by atoms with Gasteiger partial charge in [0.2, 0.25) is 21.8 Å². The molecule has 0 radical (unpaired) electrons. The van der Waals surface area contributed by atoms with Gasteiger partial charge in [0.05, 0.1) is 18.1 Å². The van der Waals surface area contributed by atoms with Gasteiger partial charge in [0.25, 0.3) is 0 Å². The summed E-state index contributed by atoms with van der Waals surface area (Å²) in [6.45, 7) is 3.90. The van der Waals surface area contributed by atoms with Crippen molar-refractivity contribution in [2.75, 3.05) is 39.4 Å². The Kier molecular flexibility index (Phi) is 6.39. The molecule has 0 aliphatic carbocycles. The van der Waals surface area contributed by atoms with Crippen LogP contribution < -0.4 is 9.47 Å². The molecule has 12 heteroatoms. The summed E-state index contributed by atoms with van der Waals surface area (Å²) in [6, 6.07) is 12.4. The molecule has 3 heterocycles. The molecule has 1 aromatic heterocycles. The van der Waals surface area contributed by atoms with Crippen molar-refractivity contribution in [3.63, 3.8) is 0 Å². The maximum absolute atomic E-state index is 13.2. The van der Waals surface area contributed by atoms with Crippen molar-refractivity contribution < 1.29 is 22.7 Å². The number of hydrogen-bond donors (Lipinski definition) is 0. The van der Waals surface area contributed by atoms with Crippen LogP contribution in [0.25, 0.3) is 11.4 Å². The minimum Gasteiger partial charge on any atom is -0.490 e. The smallest absolute Gasteiger partial charge is 0.246 e. The van der Waals surface area contributed by atoms with Gasteiger partial charge in [-0.25, -0.2) is 8.42 Å². The van der Waals surface area contributed by atoms with E-state index >= 15 is 0 Å². The molecular formula is C23H26N6O5S. The average Bonchev–Trinajstić information content (AvgIpc) is 3.20. The van der Waals surface area contributed by atoms with E-state index in [1.165, 1.54) is 21.2 Å². The fourth-order valence-electron chi connectivity index (χ4n) is 3.98. The van der Waals surface area contributed by atoms with E-state index in [1.807, 2.05) is 31.2 Å². The zero-order valence-corrected chi connectivity index (χ0v) is 20.1. The van der Waals surface area contributed by atoms with Gasteiger partial charge in [-0.3, -0.25) is 4.79 Å². The molecule has 1 fully saturated rings. The first-order valence-electron chi connectivity index (χ1n) is 11.4. The van der Waals surface area contributed by atoms with Crippen LogP contribution >= 0.6 is 0 Å². The molecule has 184 valence electrons. The highest BCUT2D eigenvalue weighted by Crippen LogP contribution is 2.33. The van der Waals surface area contributed by atoms with Crippen molar-refractivity contribution in [2.24, 2.45) is 0 Å². The molecule has 2 aliphatic rings. The fraction of sp³-hybridized carbons (Fsp3) is 0.391. The van der Waals surface area contributed by atoms with E-state index in [1.54, 1.807) is 11.0 Å². The average molecular weight is 499 g/mol. The van der Waals surface area contributed by atoms with E-state index in [9.17, 15) is 13.2 Å². The van der Waals surface area contributed by atoms with Crippen molar-refractivity contribution in [1.82, 2.24) is 29.4 Å². The van der Waals surface area contributed by atoms with Gasteiger partial charge >= 0.3 is 0 Å². The Morgan fingerprint density at radius 3 is 2.43 bits per heavy atom. The van der Waals surface area contributed by atoms with Crippen LogP contribution in [0.1, 0.15) is 12.0 Å². The lowest BCUT2D eigenvalue weighted by molar-refractivity contribution is -0.133. The molecule has 2 aromatic carbocycles. The summed E-state index contributed by atoms with van der Waals surface area (Å²) in [5.74, 6) is 1.24. The van der Waals surface area contributed by atoms with Crippen LogP contribution in [0, 0.1) is 6.92 Å². The standard InChI is InChI=1S/C23H26N6O5S/c1-17-3-5-18(6-4-17)23-24-26-29(25-23)16-22(30)27-9-11-28(12-10-27)35(31,32)19-7-8-20-21(15-19)34-14-2-13-33-20/h3-8,15H,2,9-14,16H2,1H3. The summed E-state index contributed by atoms with van der Waals surface area (Å²) in [6.07, 6.45) is 0.740. The largest absolute Gasteiger partial charge is 0.490 e.